The first kappa shape index (κ1) is 17.1. The van der Waals surface area contributed by atoms with Gasteiger partial charge in [-0.25, -0.2) is 4.79 Å². The van der Waals surface area contributed by atoms with Gasteiger partial charge < -0.3 is 20.9 Å². The van der Waals surface area contributed by atoms with Crippen LogP contribution in [0.1, 0.15) is 45.4 Å². The van der Waals surface area contributed by atoms with Gasteiger partial charge in [0.25, 0.3) is 0 Å². The van der Waals surface area contributed by atoms with E-state index in [4.69, 9.17) is 0 Å². The average Bonchev–Trinajstić information content (AvgIpc) is 2.97. The van der Waals surface area contributed by atoms with Crippen LogP contribution in [0.25, 0.3) is 0 Å². The van der Waals surface area contributed by atoms with Crippen LogP contribution >= 0.6 is 0 Å². The lowest BCUT2D eigenvalue weighted by atomic mass is 9.91. The molecular weight excluding hydrogens is 280 g/mol. The Morgan fingerprint density at radius 1 is 1.23 bits per heavy atom. The number of piperidine rings is 1. The molecule has 1 atom stereocenters. The van der Waals surface area contributed by atoms with E-state index in [0.717, 1.165) is 51.7 Å². The maximum atomic E-state index is 13.1. The summed E-state index contributed by atoms with van der Waals surface area (Å²) in [6, 6.07) is -0.221. The molecule has 2 rings (SSSR count). The van der Waals surface area contributed by atoms with Gasteiger partial charge in [-0.3, -0.25) is 4.79 Å². The predicted molar refractivity (Wildman–Crippen MR) is 86.6 cm³/mol. The summed E-state index contributed by atoms with van der Waals surface area (Å²) in [4.78, 5) is 27.0. The number of amides is 3. The fraction of sp³-hybridized carbons (Fsp3) is 0.875. The molecule has 0 spiro atoms. The molecule has 1 aliphatic carbocycles. The number of nitrogens with zero attached hydrogens (tertiary/aromatic N) is 1. The van der Waals surface area contributed by atoms with Crippen molar-refractivity contribution in [3.8, 4) is 0 Å². The topological polar surface area (TPSA) is 73.5 Å². The SMILES string of the molecule is CCNC(=O)NC1(C(=O)N2CCCC(CNC)C2)CCCC1. The highest BCUT2D eigenvalue weighted by Gasteiger charge is 2.45. The molecule has 22 heavy (non-hydrogen) atoms. The standard InChI is InChI=1S/C16H30N4O2/c1-3-18-15(22)19-16(8-4-5-9-16)14(21)20-10-6-7-13(12-20)11-17-2/h13,17H,3-12H2,1-2H3,(H2,18,19,22). The van der Waals surface area contributed by atoms with Crippen LogP contribution in [0, 0.1) is 5.92 Å². The molecule has 0 aromatic carbocycles. The zero-order valence-corrected chi connectivity index (χ0v) is 13.9. The summed E-state index contributed by atoms with van der Waals surface area (Å²) in [7, 11) is 1.95. The lowest BCUT2D eigenvalue weighted by Gasteiger charge is -2.39. The van der Waals surface area contributed by atoms with Crippen LogP contribution in [-0.2, 0) is 4.79 Å². The fourth-order valence-corrected chi connectivity index (χ4v) is 3.80. The van der Waals surface area contributed by atoms with E-state index in [9.17, 15) is 9.59 Å². The summed E-state index contributed by atoms with van der Waals surface area (Å²) < 4.78 is 0. The molecular formula is C16H30N4O2. The van der Waals surface area contributed by atoms with Crippen molar-refractivity contribution in [2.45, 2.75) is 51.0 Å². The van der Waals surface area contributed by atoms with Crippen molar-refractivity contribution in [2.75, 3.05) is 33.2 Å². The van der Waals surface area contributed by atoms with Crippen LogP contribution in [0.5, 0.6) is 0 Å². The van der Waals surface area contributed by atoms with Crippen LogP contribution in [-0.4, -0.2) is 55.6 Å². The highest BCUT2D eigenvalue weighted by atomic mass is 16.2. The van der Waals surface area contributed by atoms with E-state index in [1.165, 1.54) is 6.42 Å². The quantitative estimate of drug-likeness (QED) is 0.711. The minimum Gasteiger partial charge on any atom is -0.340 e. The van der Waals surface area contributed by atoms with E-state index in [2.05, 4.69) is 16.0 Å². The zero-order valence-electron chi connectivity index (χ0n) is 13.9. The van der Waals surface area contributed by atoms with Crippen molar-refractivity contribution in [2.24, 2.45) is 5.92 Å². The average molecular weight is 310 g/mol. The van der Waals surface area contributed by atoms with Gasteiger partial charge in [0.15, 0.2) is 0 Å². The first-order chi connectivity index (χ1) is 10.6. The van der Waals surface area contributed by atoms with Gasteiger partial charge in [0, 0.05) is 19.6 Å². The molecule has 6 nitrogen and oxygen atoms in total. The van der Waals surface area contributed by atoms with Gasteiger partial charge in [-0.2, -0.15) is 0 Å². The van der Waals surface area contributed by atoms with E-state index >= 15 is 0 Å². The maximum Gasteiger partial charge on any atom is 0.315 e. The largest absolute Gasteiger partial charge is 0.340 e. The lowest BCUT2D eigenvalue weighted by Crippen LogP contribution is -2.61. The number of carbonyl (C=O) groups excluding carboxylic acids is 2. The molecule has 0 radical (unpaired) electrons. The van der Waals surface area contributed by atoms with E-state index in [1.54, 1.807) is 0 Å². The number of nitrogens with one attached hydrogen (secondary N) is 3. The third kappa shape index (κ3) is 3.91. The molecule has 0 aromatic rings. The maximum absolute atomic E-state index is 13.1. The number of rotatable bonds is 5. The van der Waals surface area contributed by atoms with Crippen molar-refractivity contribution in [1.82, 2.24) is 20.9 Å². The van der Waals surface area contributed by atoms with E-state index in [0.29, 0.717) is 12.5 Å². The predicted octanol–water partition coefficient (Wildman–Crippen LogP) is 1.08. The van der Waals surface area contributed by atoms with Crippen molar-refractivity contribution in [1.29, 1.82) is 0 Å². The van der Waals surface area contributed by atoms with Gasteiger partial charge >= 0.3 is 6.03 Å². The van der Waals surface area contributed by atoms with Crippen molar-refractivity contribution < 1.29 is 9.59 Å². The van der Waals surface area contributed by atoms with Crippen molar-refractivity contribution in [3.05, 3.63) is 0 Å². The second kappa shape index (κ2) is 7.81. The smallest absolute Gasteiger partial charge is 0.315 e. The summed E-state index contributed by atoms with van der Waals surface area (Å²) >= 11 is 0. The summed E-state index contributed by atoms with van der Waals surface area (Å²) in [6.45, 7) is 5.02. The third-order valence-electron chi connectivity index (χ3n) is 4.86. The molecule has 1 unspecified atom stereocenters. The van der Waals surface area contributed by atoms with Gasteiger partial charge in [-0.1, -0.05) is 12.8 Å². The number of carbonyl (C=O) groups is 2. The number of hydrogen-bond donors (Lipinski definition) is 3. The van der Waals surface area contributed by atoms with E-state index in [1.807, 2.05) is 18.9 Å². The molecule has 2 aliphatic rings. The molecule has 3 N–H and O–H groups in total. The molecule has 126 valence electrons. The first-order valence-electron chi connectivity index (χ1n) is 8.61. The van der Waals surface area contributed by atoms with Crippen molar-refractivity contribution in [3.63, 3.8) is 0 Å². The first-order valence-corrected chi connectivity index (χ1v) is 8.61. The summed E-state index contributed by atoms with van der Waals surface area (Å²) in [6.07, 6.45) is 5.75. The Morgan fingerprint density at radius 2 is 1.95 bits per heavy atom. The van der Waals surface area contributed by atoms with E-state index in [-0.39, 0.29) is 11.9 Å². The van der Waals surface area contributed by atoms with Crippen LogP contribution in [0.3, 0.4) is 0 Å². The third-order valence-corrected chi connectivity index (χ3v) is 4.86. The molecule has 3 amide bonds. The van der Waals surface area contributed by atoms with Crippen LogP contribution < -0.4 is 16.0 Å². The van der Waals surface area contributed by atoms with Gasteiger partial charge in [-0.05, 0) is 52.1 Å². The fourth-order valence-electron chi connectivity index (χ4n) is 3.80. The molecule has 1 heterocycles. The molecule has 1 aliphatic heterocycles. The highest BCUT2D eigenvalue weighted by molar-refractivity contribution is 5.91. The monoisotopic (exact) mass is 310 g/mol. The minimum atomic E-state index is -0.680. The van der Waals surface area contributed by atoms with Gasteiger partial charge in [-0.15, -0.1) is 0 Å². The Hall–Kier alpha value is -1.30. The zero-order chi connectivity index (χ0) is 16.0. The molecule has 2 fully saturated rings. The summed E-state index contributed by atoms with van der Waals surface area (Å²) in [5.74, 6) is 0.641. The molecule has 0 bridgehead atoms. The van der Waals surface area contributed by atoms with E-state index < -0.39 is 5.54 Å². The van der Waals surface area contributed by atoms with Crippen molar-refractivity contribution >= 4 is 11.9 Å². The highest BCUT2D eigenvalue weighted by Crippen LogP contribution is 2.32. The molecule has 6 heteroatoms. The lowest BCUT2D eigenvalue weighted by molar-refractivity contribution is -0.139. The van der Waals surface area contributed by atoms with Crippen LogP contribution in [0.4, 0.5) is 4.79 Å². The van der Waals surface area contributed by atoms with Gasteiger partial charge in [0.05, 0.1) is 0 Å². The molecule has 1 saturated carbocycles. The Labute approximate surface area is 133 Å². The second-order valence-electron chi connectivity index (χ2n) is 6.59. The Kier molecular flexibility index (Phi) is 6.06. The molecule has 1 saturated heterocycles. The number of hydrogen-bond acceptors (Lipinski definition) is 3. The van der Waals surface area contributed by atoms with Crippen LogP contribution in [0.15, 0.2) is 0 Å². The Bertz CT molecular complexity index is 392. The molecule has 0 aromatic heterocycles. The summed E-state index contributed by atoms with van der Waals surface area (Å²) in [5.41, 5.74) is -0.680. The number of likely N-dealkylation sites (tertiary alicyclic amines) is 1. The van der Waals surface area contributed by atoms with Crippen LogP contribution in [0.2, 0.25) is 0 Å². The normalized spacial score (nSPS) is 24.1. The van der Waals surface area contributed by atoms with Gasteiger partial charge in [0.1, 0.15) is 5.54 Å². The second-order valence-corrected chi connectivity index (χ2v) is 6.59. The minimum absolute atomic E-state index is 0.122. The Morgan fingerprint density at radius 3 is 2.59 bits per heavy atom. The summed E-state index contributed by atoms with van der Waals surface area (Å²) in [5, 5.41) is 8.94. The number of urea groups is 1. The van der Waals surface area contributed by atoms with Gasteiger partial charge in [0.2, 0.25) is 5.91 Å². The Balaban J connectivity index is 2.04.